The van der Waals surface area contributed by atoms with Crippen molar-refractivity contribution >= 4 is 32.9 Å². The van der Waals surface area contributed by atoms with Crippen LogP contribution in [0.15, 0.2) is 46.9 Å². The molecular weight excluding hydrogens is 416 g/mol. The summed E-state index contributed by atoms with van der Waals surface area (Å²) in [6, 6.07) is 15.2. The molecule has 2 heterocycles. The van der Waals surface area contributed by atoms with Gasteiger partial charge < -0.3 is 14.2 Å². The Bertz CT molecular complexity index is 1020. The minimum absolute atomic E-state index is 0.235. The molecule has 0 saturated heterocycles. The third-order valence-corrected chi connectivity index (χ3v) is 5.95. The zero-order valence-corrected chi connectivity index (χ0v) is 18.1. The second-order valence-corrected chi connectivity index (χ2v) is 8.45. The van der Waals surface area contributed by atoms with Gasteiger partial charge in [-0.3, -0.25) is 0 Å². The lowest BCUT2D eigenvalue weighted by atomic mass is 10.0. The van der Waals surface area contributed by atoms with Gasteiger partial charge in [-0.2, -0.15) is 0 Å². The highest BCUT2D eigenvalue weighted by Gasteiger charge is 2.28. The average molecular weight is 441 g/mol. The zero-order valence-electron chi connectivity index (χ0n) is 16.5. The predicted octanol–water partition coefficient (Wildman–Crippen LogP) is 6.03. The van der Waals surface area contributed by atoms with E-state index in [0.717, 1.165) is 16.6 Å². The summed E-state index contributed by atoms with van der Waals surface area (Å²) in [5.41, 5.74) is 6.12. The van der Waals surface area contributed by atoms with Crippen LogP contribution in [0.3, 0.4) is 0 Å². The first-order valence-electron chi connectivity index (χ1n) is 9.83. The van der Waals surface area contributed by atoms with Crippen molar-refractivity contribution < 1.29 is 9.53 Å². The number of hydrogen-bond donors (Lipinski definition) is 0. The third-order valence-electron chi connectivity index (χ3n) is 5.46. The Morgan fingerprint density at radius 1 is 1.18 bits per heavy atom. The largest absolute Gasteiger partial charge is 0.450 e. The minimum atomic E-state index is -0.235. The van der Waals surface area contributed by atoms with E-state index in [9.17, 15) is 4.79 Å². The Hall–Kier alpha value is -2.27. The number of nitrogens with zero attached hydrogens (tertiary/aromatic N) is 2. The molecule has 0 unspecified atom stereocenters. The van der Waals surface area contributed by atoms with Gasteiger partial charge in [0.05, 0.1) is 18.7 Å². The van der Waals surface area contributed by atoms with Gasteiger partial charge in [0.25, 0.3) is 0 Å². The fourth-order valence-corrected chi connectivity index (χ4v) is 4.37. The number of fused-ring (bicyclic) bond motifs is 3. The monoisotopic (exact) mass is 440 g/mol. The lowest BCUT2D eigenvalue weighted by Gasteiger charge is -2.27. The lowest BCUT2D eigenvalue weighted by Crippen LogP contribution is -2.36. The van der Waals surface area contributed by atoms with Crippen LogP contribution in [0.4, 0.5) is 4.79 Å². The molecule has 0 fully saturated rings. The van der Waals surface area contributed by atoms with E-state index in [1.54, 1.807) is 4.90 Å². The van der Waals surface area contributed by atoms with E-state index in [2.05, 4.69) is 76.8 Å². The van der Waals surface area contributed by atoms with Gasteiger partial charge >= 0.3 is 6.09 Å². The first-order valence-corrected chi connectivity index (χ1v) is 10.6. The van der Waals surface area contributed by atoms with Crippen molar-refractivity contribution in [2.45, 2.75) is 39.7 Å². The van der Waals surface area contributed by atoms with Crippen LogP contribution in [0.25, 0.3) is 16.6 Å². The summed E-state index contributed by atoms with van der Waals surface area (Å²) in [5.74, 6) is 0.500. The fourth-order valence-electron chi connectivity index (χ4n) is 4.01. The molecule has 0 saturated carbocycles. The predicted molar refractivity (Wildman–Crippen MR) is 116 cm³/mol. The van der Waals surface area contributed by atoms with Crippen LogP contribution in [0.5, 0.6) is 0 Å². The van der Waals surface area contributed by atoms with Gasteiger partial charge in [0, 0.05) is 27.8 Å². The average Bonchev–Trinajstić information content (AvgIpc) is 3.01. The van der Waals surface area contributed by atoms with E-state index in [4.69, 9.17) is 4.74 Å². The normalized spacial score (nSPS) is 13.8. The molecule has 1 aliphatic rings. The van der Waals surface area contributed by atoms with Crippen molar-refractivity contribution in [3.05, 3.63) is 63.8 Å². The molecule has 3 aromatic rings. The Balaban J connectivity index is 1.85. The van der Waals surface area contributed by atoms with E-state index in [-0.39, 0.29) is 6.09 Å². The standard InChI is InChI=1S/C23H25BrN2O2/c1-4-28-23(27)25-12-11-19-20-13-17(24)7-10-21(20)26(22(19)14-25)18-8-5-16(6-9-18)15(2)3/h5-10,13,15H,4,11-12,14H2,1-3H3. The molecule has 1 aromatic heterocycles. The van der Waals surface area contributed by atoms with Crippen molar-refractivity contribution in [1.82, 2.24) is 9.47 Å². The third kappa shape index (κ3) is 3.32. The number of rotatable bonds is 3. The summed E-state index contributed by atoms with van der Waals surface area (Å²) < 4.78 is 8.62. The fraction of sp³-hybridized carbons (Fsp3) is 0.348. The molecule has 146 valence electrons. The van der Waals surface area contributed by atoms with Gasteiger partial charge in [0.15, 0.2) is 0 Å². The number of benzene rings is 2. The van der Waals surface area contributed by atoms with Crippen LogP contribution in [0.2, 0.25) is 0 Å². The Morgan fingerprint density at radius 3 is 2.61 bits per heavy atom. The van der Waals surface area contributed by atoms with Gasteiger partial charge in [0.1, 0.15) is 0 Å². The molecule has 1 aliphatic heterocycles. The summed E-state index contributed by atoms with van der Waals surface area (Å²) in [7, 11) is 0. The Kier molecular flexibility index (Phi) is 5.19. The highest BCUT2D eigenvalue weighted by atomic mass is 79.9. The van der Waals surface area contributed by atoms with E-state index >= 15 is 0 Å². The first kappa shape index (κ1) is 19.1. The molecule has 0 radical (unpaired) electrons. The Morgan fingerprint density at radius 2 is 1.93 bits per heavy atom. The van der Waals surface area contributed by atoms with E-state index in [0.29, 0.717) is 25.6 Å². The Labute approximate surface area is 174 Å². The molecule has 5 heteroatoms. The maximum absolute atomic E-state index is 12.3. The molecule has 4 rings (SSSR count). The molecule has 0 atom stereocenters. The lowest BCUT2D eigenvalue weighted by molar-refractivity contribution is 0.102. The number of aromatic nitrogens is 1. The van der Waals surface area contributed by atoms with E-state index in [1.807, 2.05) is 6.92 Å². The summed E-state index contributed by atoms with van der Waals surface area (Å²) >= 11 is 3.61. The molecule has 0 spiro atoms. The second kappa shape index (κ2) is 7.63. The maximum atomic E-state index is 12.3. The van der Waals surface area contributed by atoms with Gasteiger partial charge in [-0.05, 0) is 60.7 Å². The molecule has 1 amide bonds. The van der Waals surface area contributed by atoms with Crippen LogP contribution < -0.4 is 0 Å². The van der Waals surface area contributed by atoms with Crippen LogP contribution in [-0.2, 0) is 17.7 Å². The molecule has 0 bridgehead atoms. The molecular formula is C23H25BrN2O2. The highest BCUT2D eigenvalue weighted by Crippen LogP contribution is 2.35. The summed E-state index contributed by atoms with van der Waals surface area (Å²) in [4.78, 5) is 14.1. The number of hydrogen-bond acceptors (Lipinski definition) is 2. The number of amides is 1. The van der Waals surface area contributed by atoms with Crippen molar-refractivity contribution in [2.24, 2.45) is 0 Å². The van der Waals surface area contributed by atoms with Gasteiger partial charge in [-0.15, -0.1) is 0 Å². The second-order valence-electron chi connectivity index (χ2n) is 7.54. The number of carbonyl (C=O) groups is 1. The first-order chi connectivity index (χ1) is 13.5. The smallest absolute Gasteiger partial charge is 0.410 e. The molecule has 4 nitrogen and oxygen atoms in total. The van der Waals surface area contributed by atoms with Crippen molar-refractivity contribution in [3.8, 4) is 5.69 Å². The van der Waals surface area contributed by atoms with Crippen LogP contribution in [-0.4, -0.2) is 28.7 Å². The quantitative estimate of drug-likeness (QED) is 0.497. The summed E-state index contributed by atoms with van der Waals surface area (Å²) in [5, 5.41) is 1.25. The van der Waals surface area contributed by atoms with Gasteiger partial charge in [-0.1, -0.05) is 41.9 Å². The minimum Gasteiger partial charge on any atom is -0.450 e. The van der Waals surface area contributed by atoms with Crippen molar-refractivity contribution in [1.29, 1.82) is 0 Å². The molecule has 0 N–H and O–H groups in total. The van der Waals surface area contributed by atoms with Crippen molar-refractivity contribution in [2.75, 3.05) is 13.2 Å². The summed E-state index contributed by atoms with van der Waals surface area (Å²) in [6.45, 7) is 7.90. The molecule has 0 aliphatic carbocycles. The number of halogens is 1. The zero-order chi connectivity index (χ0) is 19.8. The number of carbonyl (C=O) groups excluding carboxylic acids is 1. The highest BCUT2D eigenvalue weighted by molar-refractivity contribution is 9.10. The van der Waals surface area contributed by atoms with Crippen molar-refractivity contribution in [3.63, 3.8) is 0 Å². The van der Waals surface area contributed by atoms with E-state index in [1.165, 1.54) is 27.7 Å². The maximum Gasteiger partial charge on any atom is 0.410 e. The number of ether oxygens (including phenoxy) is 1. The van der Waals surface area contributed by atoms with Gasteiger partial charge in [0.2, 0.25) is 0 Å². The van der Waals surface area contributed by atoms with Crippen LogP contribution >= 0.6 is 15.9 Å². The summed E-state index contributed by atoms with van der Waals surface area (Å²) in [6.07, 6.45) is 0.597. The van der Waals surface area contributed by atoms with Crippen LogP contribution in [0, 0.1) is 0 Å². The van der Waals surface area contributed by atoms with E-state index < -0.39 is 0 Å². The molecule has 2 aromatic carbocycles. The van der Waals surface area contributed by atoms with Crippen LogP contribution in [0.1, 0.15) is 43.5 Å². The SMILES string of the molecule is CCOC(=O)N1CCc2c(n(-c3ccc(C(C)C)cc3)c3ccc(Br)cc23)C1. The molecule has 28 heavy (non-hydrogen) atoms. The topological polar surface area (TPSA) is 34.5 Å². The van der Waals surface area contributed by atoms with Gasteiger partial charge in [-0.25, -0.2) is 4.79 Å².